The van der Waals surface area contributed by atoms with Crippen LogP contribution in [0.4, 0.5) is 5.69 Å². The molecule has 0 aliphatic rings. The topological polar surface area (TPSA) is 120 Å². The number of benzene rings is 2. The van der Waals surface area contributed by atoms with Gasteiger partial charge in [0.1, 0.15) is 6.61 Å². The molecule has 3 aromatic rings. The zero-order chi connectivity index (χ0) is 20.3. The molecule has 0 spiro atoms. The van der Waals surface area contributed by atoms with Gasteiger partial charge >= 0.3 is 11.4 Å². The van der Waals surface area contributed by atoms with E-state index in [1.165, 1.54) is 12.1 Å². The molecule has 1 aromatic heterocycles. The summed E-state index contributed by atoms with van der Waals surface area (Å²) in [6.07, 6.45) is 2.51. The minimum Gasteiger partial charge on any atom is -0.482 e. The number of hydrogen-bond acceptors (Lipinski definition) is 6. The number of nitro benzene ring substituents is 1. The van der Waals surface area contributed by atoms with Crippen molar-refractivity contribution in [3.63, 3.8) is 0 Å². The highest BCUT2D eigenvalue weighted by molar-refractivity contribution is 6.31. The minimum atomic E-state index is -0.759. The molecular weight excluding hydrogens is 388 g/mol. The summed E-state index contributed by atoms with van der Waals surface area (Å²) in [7, 11) is 0. The van der Waals surface area contributed by atoms with Crippen molar-refractivity contribution < 1.29 is 9.66 Å². The van der Waals surface area contributed by atoms with Crippen LogP contribution in [-0.4, -0.2) is 27.4 Å². The first-order valence-electron chi connectivity index (χ1n) is 7.92. The van der Waals surface area contributed by atoms with Crippen molar-refractivity contribution in [2.75, 3.05) is 6.61 Å². The lowest BCUT2D eigenvalue weighted by Gasteiger charge is -2.08. The molecule has 1 heterocycles. The second-order valence-electron chi connectivity index (χ2n) is 5.54. The number of nitrogens with one attached hydrogen (secondary N) is 1. The number of aromatic nitrogens is 2. The highest BCUT2D eigenvalue weighted by atomic mass is 35.5. The Morgan fingerprint density at radius 3 is 2.79 bits per heavy atom. The van der Waals surface area contributed by atoms with Gasteiger partial charge in [0.2, 0.25) is 5.75 Å². The highest BCUT2D eigenvalue weighted by Crippen LogP contribution is 2.33. The number of hydrogen-bond donors (Lipinski definition) is 1. The molecule has 0 saturated heterocycles. The number of nitro groups is 1. The molecule has 2 aromatic carbocycles. The van der Waals surface area contributed by atoms with Gasteiger partial charge in [-0.25, -0.2) is 4.79 Å². The number of para-hydroxylation sites is 1. The summed E-state index contributed by atoms with van der Waals surface area (Å²) in [4.78, 5) is 37.9. The molecular formula is C18H13ClN4O5. The first-order valence-corrected chi connectivity index (χ1v) is 8.30. The van der Waals surface area contributed by atoms with Crippen LogP contribution in [-0.2, 0) is 0 Å². The van der Waals surface area contributed by atoms with Crippen molar-refractivity contribution in [2.24, 2.45) is 5.10 Å². The van der Waals surface area contributed by atoms with Gasteiger partial charge in [0.15, 0.2) is 0 Å². The number of aromatic amines is 1. The van der Waals surface area contributed by atoms with Crippen LogP contribution in [0.1, 0.15) is 5.56 Å². The summed E-state index contributed by atoms with van der Waals surface area (Å²) in [6, 6.07) is 8.97. The fourth-order valence-corrected chi connectivity index (χ4v) is 2.73. The third-order valence-electron chi connectivity index (χ3n) is 3.70. The quantitative estimate of drug-likeness (QED) is 0.295. The molecule has 0 bridgehead atoms. The van der Waals surface area contributed by atoms with E-state index in [0.717, 1.165) is 12.3 Å². The second-order valence-corrected chi connectivity index (χ2v) is 5.97. The zero-order valence-electron chi connectivity index (χ0n) is 14.3. The Morgan fingerprint density at radius 1 is 1.32 bits per heavy atom. The van der Waals surface area contributed by atoms with E-state index < -0.39 is 16.2 Å². The van der Waals surface area contributed by atoms with Gasteiger partial charge in [-0.05, 0) is 18.2 Å². The standard InChI is InChI=1S/C18H13ClN4O5/c1-2-7-28-16-11(8-12(19)9-15(16)23(26)27)10-20-22-17(24)13-5-3-4-6-14(13)21-18(22)25/h2-6,8-10H,1,7H2,(H,21,25). The lowest BCUT2D eigenvalue weighted by molar-refractivity contribution is -0.385. The van der Waals surface area contributed by atoms with Gasteiger partial charge in [-0.3, -0.25) is 14.9 Å². The summed E-state index contributed by atoms with van der Waals surface area (Å²) in [5.41, 5.74) is -1.28. The van der Waals surface area contributed by atoms with Crippen LogP contribution in [0.25, 0.3) is 10.9 Å². The van der Waals surface area contributed by atoms with E-state index in [1.807, 2.05) is 0 Å². The van der Waals surface area contributed by atoms with Gasteiger partial charge in [0.25, 0.3) is 5.56 Å². The normalized spacial score (nSPS) is 11.0. The van der Waals surface area contributed by atoms with E-state index in [4.69, 9.17) is 16.3 Å². The van der Waals surface area contributed by atoms with Crippen molar-refractivity contribution in [3.8, 4) is 5.75 Å². The van der Waals surface area contributed by atoms with Crippen LogP contribution >= 0.6 is 11.6 Å². The van der Waals surface area contributed by atoms with Gasteiger partial charge in [-0.1, -0.05) is 36.4 Å². The SMILES string of the molecule is C=CCOc1c(C=Nn2c(=O)[nH]c3ccccc3c2=O)cc(Cl)cc1[N+](=O)[O-]. The lowest BCUT2D eigenvalue weighted by Crippen LogP contribution is -2.32. The van der Waals surface area contributed by atoms with Crippen molar-refractivity contribution in [3.05, 3.63) is 90.6 Å². The molecule has 0 aliphatic carbocycles. The Morgan fingerprint density at radius 2 is 2.07 bits per heavy atom. The largest absolute Gasteiger partial charge is 0.482 e. The van der Waals surface area contributed by atoms with Gasteiger partial charge in [0, 0.05) is 16.7 Å². The molecule has 0 radical (unpaired) electrons. The predicted molar refractivity (Wildman–Crippen MR) is 106 cm³/mol. The fraction of sp³-hybridized carbons (Fsp3) is 0.0556. The van der Waals surface area contributed by atoms with Crippen molar-refractivity contribution >= 4 is 34.4 Å². The van der Waals surface area contributed by atoms with Gasteiger partial charge in [-0.15, -0.1) is 4.68 Å². The van der Waals surface area contributed by atoms with E-state index >= 15 is 0 Å². The number of rotatable bonds is 6. The first kappa shape index (κ1) is 19.1. The number of fused-ring (bicyclic) bond motifs is 1. The molecule has 1 N–H and O–H groups in total. The molecule has 28 heavy (non-hydrogen) atoms. The lowest BCUT2D eigenvalue weighted by atomic mass is 10.2. The summed E-state index contributed by atoms with van der Waals surface area (Å²) in [5.74, 6) is -0.108. The average Bonchev–Trinajstić information content (AvgIpc) is 2.66. The van der Waals surface area contributed by atoms with Crippen LogP contribution < -0.4 is 16.0 Å². The second kappa shape index (κ2) is 7.89. The molecule has 10 heteroatoms. The molecule has 0 fully saturated rings. The highest BCUT2D eigenvalue weighted by Gasteiger charge is 2.20. The molecule has 0 atom stereocenters. The number of nitrogens with zero attached hydrogens (tertiary/aromatic N) is 3. The summed E-state index contributed by atoms with van der Waals surface area (Å²) in [6.45, 7) is 3.50. The number of ether oxygens (including phenoxy) is 1. The molecule has 0 unspecified atom stereocenters. The summed E-state index contributed by atoms with van der Waals surface area (Å²) < 4.78 is 5.99. The Hall–Kier alpha value is -3.72. The molecule has 0 amide bonds. The Bertz CT molecular complexity index is 1230. The van der Waals surface area contributed by atoms with Crippen LogP contribution in [0, 0.1) is 10.1 Å². The maximum Gasteiger partial charge on any atom is 0.349 e. The van der Waals surface area contributed by atoms with Gasteiger partial charge < -0.3 is 9.72 Å². The van der Waals surface area contributed by atoms with E-state index in [2.05, 4.69) is 16.7 Å². The van der Waals surface area contributed by atoms with E-state index in [9.17, 15) is 19.7 Å². The third kappa shape index (κ3) is 3.69. The summed E-state index contributed by atoms with van der Waals surface area (Å²) in [5, 5.41) is 15.5. The predicted octanol–water partition coefficient (Wildman–Crippen LogP) is 2.70. The number of H-pyrrole nitrogens is 1. The van der Waals surface area contributed by atoms with E-state index in [-0.39, 0.29) is 34.0 Å². The molecule has 9 nitrogen and oxygen atoms in total. The fourth-order valence-electron chi connectivity index (χ4n) is 2.51. The van der Waals surface area contributed by atoms with Crippen LogP contribution in [0.2, 0.25) is 5.02 Å². The minimum absolute atomic E-state index is 0.000180. The summed E-state index contributed by atoms with van der Waals surface area (Å²) >= 11 is 5.94. The van der Waals surface area contributed by atoms with Crippen LogP contribution in [0.3, 0.4) is 0 Å². The average molecular weight is 401 g/mol. The van der Waals surface area contributed by atoms with Crippen LogP contribution in [0.15, 0.2) is 63.7 Å². The Balaban J connectivity index is 2.16. The zero-order valence-corrected chi connectivity index (χ0v) is 15.0. The van der Waals surface area contributed by atoms with Gasteiger partial charge in [0.05, 0.1) is 22.0 Å². The van der Waals surface area contributed by atoms with E-state index in [0.29, 0.717) is 10.2 Å². The number of halogens is 1. The third-order valence-corrected chi connectivity index (χ3v) is 3.92. The molecule has 3 rings (SSSR count). The maximum absolute atomic E-state index is 12.5. The smallest absolute Gasteiger partial charge is 0.349 e. The first-order chi connectivity index (χ1) is 13.4. The maximum atomic E-state index is 12.5. The monoisotopic (exact) mass is 400 g/mol. The molecule has 142 valence electrons. The Labute approximate surface area is 162 Å². The molecule has 0 saturated carbocycles. The van der Waals surface area contributed by atoms with Crippen molar-refractivity contribution in [1.29, 1.82) is 0 Å². The van der Waals surface area contributed by atoms with E-state index in [1.54, 1.807) is 24.3 Å². The van der Waals surface area contributed by atoms with Crippen molar-refractivity contribution in [1.82, 2.24) is 9.66 Å². The molecule has 0 aliphatic heterocycles. The van der Waals surface area contributed by atoms with Crippen molar-refractivity contribution in [2.45, 2.75) is 0 Å². The van der Waals surface area contributed by atoms with Gasteiger partial charge in [-0.2, -0.15) is 5.10 Å². The van der Waals surface area contributed by atoms with Crippen LogP contribution in [0.5, 0.6) is 5.75 Å². The Kier molecular flexibility index (Phi) is 5.37.